The van der Waals surface area contributed by atoms with E-state index in [1.807, 2.05) is 0 Å². The number of nitrogens with one attached hydrogen (secondary N) is 1. The van der Waals surface area contributed by atoms with Gasteiger partial charge in [0.2, 0.25) is 0 Å². The summed E-state index contributed by atoms with van der Waals surface area (Å²) in [5, 5.41) is 12.5. The molecule has 174 valence electrons. The highest BCUT2D eigenvalue weighted by molar-refractivity contribution is 6.04. The van der Waals surface area contributed by atoms with E-state index in [-0.39, 0.29) is 17.0 Å². The van der Waals surface area contributed by atoms with Gasteiger partial charge < -0.3 is 15.2 Å². The summed E-state index contributed by atoms with van der Waals surface area (Å²) >= 11 is 0. The average Bonchev–Trinajstić information content (AvgIpc) is 2.72. The zero-order chi connectivity index (χ0) is 24.4. The van der Waals surface area contributed by atoms with Crippen LogP contribution in [0.25, 0.3) is 5.69 Å². The maximum absolute atomic E-state index is 13.8. The third-order valence-corrected chi connectivity index (χ3v) is 4.61. The first-order valence-corrected chi connectivity index (χ1v) is 9.70. The molecule has 2 N–H and O–H groups in total. The second-order valence-electron chi connectivity index (χ2n) is 7.70. The fourth-order valence-corrected chi connectivity index (χ4v) is 2.98. The number of rotatable bonds is 6. The number of aromatic nitrogens is 1. The van der Waals surface area contributed by atoms with Gasteiger partial charge in [-0.05, 0) is 55.8 Å². The van der Waals surface area contributed by atoms with E-state index in [1.54, 1.807) is 38.1 Å². The minimum atomic E-state index is -4.64. The molecule has 0 unspecified atom stereocenters. The van der Waals surface area contributed by atoms with E-state index in [9.17, 15) is 32.3 Å². The molecule has 0 radical (unpaired) electrons. The van der Waals surface area contributed by atoms with Crippen molar-refractivity contribution in [1.82, 2.24) is 4.57 Å². The summed E-state index contributed by atoms with van der Waals surface area (Å²) in [4.78, 5) is 25.6. The van der Waals surface area contributed by atoms with E-state index in [1.165, 1.54) is 18.3 Å². The molecule has 0 saturated heterocycles. The van der Waals surface area contributed by atoms with E-state index in [0.29, 0.717) is 11.3 Å². The van der Waals surface area contributed by atoms with Crippen LogP contribution in [0.4, 0.5) is 23.2 Å². The van der Waals surface area contributed by atoms with Gasteiger partial charge in [-0.25, -0.2) is 4.39 Å². The van der Waals surface area contributed by atoms with Gasteiger partial charge in [0.25, 0.3) is 11.5 Å². The summed E-state index contributed by atoms with van der Waals surface area (Å²) in [6.07, 6.45) is -3.45. The Bertz CT molecular complexity index is 1210. The number of pyridine rings is 1. The molecule has 0 aliphatic heterocycles. The van der Waals surface area contributed by atoms with E-state index < -0.39 is 35.7 Å². The maximum atomic E-state index is 13.8. The Morgan fingerprint density at radius 1 is 1.09 bits per heavy atom. The predicted molar refractivity (Wildman–Crippen MR) is 113 cm³/mol. The molecule has 0 spiro atoms. The normalized spacial score (nSPS) is 11.8. The van der Waals surface area contributed by atoms with Gasteiger partial charge in [0.15, 0.2) is 6.61 Å². The van der Waals surface area contributed by atoms with E-state index in [0.717, 1.165) is 22.8 Å². The average molecular weight is 464 g/mol. The first-order valence-electron chi connectivity index (χ1n) is 9.70. The largest absolute Gasteiger partial charge is 0.482 e. The predicted octanol–water partition coefficient (Wildman–Crippen LogP) is 4.40. The van der Waals surface area contributed by atoms with E-state index in [4.69, 9.17) is 4.74 Å². The highest BCUT2D eigenvalue weighted by Gasteiger charge is 2.29. The topological polar surface area (TPSA) is 80.6 Å². The van der Waals surface area contributed by atoms with Crippen LogP contribution in [0.1, 0.15) is 29.8 Å². The van der Waals surface area contributed by atoms with Crippen LogP contribution in [0.15, 0.2) is 65.6 Å². The van der Waals surface area contributed by atoms with Gasteiger partial charge in [-0.15, -0.1) is 0 Å². The molecule has 1 aromatic heterocycles. The lowest BCUT2D eigenvalue weighted by atomic mass is 9.98. The number of carbonyl (C=O) groups excluding carboxylic acids is 1. The van der Waals surface area contributed by atoms with Gasteiger partial charge in [0.1, 0.15) is 17.1 Å². The van der Waals surface area contributed by atoms with Crippen LogP contribution in [0.3, 0.4) is 0 Å². The number of halogens is 4. The molecule has 0 aliphatic rings. The molecular weight excluding hydrogens is 444 g/mol. The second-order valence-corrected chi connectivity index (χ2v) is 7.70. The van der Waals surface area contributed by atoms with E-state index in [2.05, 4.69) is 5.32 Å². The van der Waals surface area contributed by atoms with Crippen LogP contribution in [0.2, 0.25) is 0 Å². The van der Waals surface area contributed by atoms with Crippen LogP contribution in [0.5, 0.6) is 5.75 Å². The number of hydrogen-bond acceptors (Lipinski definition) is 4. The fourth-order valence-electron chi connectivity index (χ4n) is 2.98. The van der Waals surface area contributed by atoms with Gasteiger partial charge in [0, 0.05) is 18.0 Å². The minimum Gasteiger partial charge on any atom is -0.482 e. The number of carbonyl (C=O) groups is 1. The summed E-state index contributed by atoms with van der Waals surface area (Å²) < 4.78 is 57.1. The van der Waals surface area contributed by atoms with Gasteiger partial charge in [0.05, 0.1) is 11.3 Å². The van der Waals surface area contributed by atoms with Gasteiger partial charge >= 0.3 is 6.18 Å². The lowest BCUT2D eigenvalue weighted by Crippen LogP contribution is -2.28. The van der Waals surface area contributed by atoms with Crippen molar-refractivity contribution in [1.29, 1.82) is 0 Å². The molecule has 1 amide bonds. The summed E-state index contributed by atoms with van der Waals surface area (Å²) in [5.74, 6) is -1.96. The quantitative estimate of drug-likeness (QED) is 0.530. The van der Waals surface area contributed by atoms with Crippen LogP contribution in [0, 0.1) is 5.82 Å². The van der Waals surface area contributed by atoms with Crippen LogP contribution in [-0.2, 0) is 5.60 Å². The molecule has 3 rings (SSSR count). The Hall–Kier alpha value is -3.66. The molecule has 0 bridgehead atoms. The molecule has 2 aromatic carbocycles. The summed E-state index contributed by atoms with van der Waals surface area (Å²) in [6, 6.07) is 11.6. The number of alkyl halides is 3. The molecule has 1 heterocycles. The number of aliphatic hydroxyl groups is 1. The van der Waals surface area contributed by atoms with Gasteiger partial charge in [-0.2, -0.15) is 13.2 Å². The van der Waals surface area contributed by atoms with Crippen LogP contribution >= 0.6 is 0 Å². The second kappa shape index (κ2) is 9.07. The molecule has 0 aliphatic carbocycles. The molecule has 6 nitrogen and oxygen atoms in total. The summed E-state index contributed by atoms with van der Waals surface area (Å²) in [6.45, 7) is 1.57. The minimum absolute atomic E-state index is 0.284. The Kier molecular flexibility index (Phi) is 6.59. The van der Waals surface area contributed by atoms with Crippen molar-refractivity contribution in [3.63, 3.8) is 0 Å². The lowest BCUT2D eigenvalue weighted by molar-refractivity contribution is -0.153. The molecule has 33 heavy (non-hydrogen) atoms. The standard InChI is InChI=1S/C23H20F4N2O4/c1-22(2,32)14-5-8-16(9-6-14)28-20(30)17-4-3-11-29(21(17)31)18-12-15(24)7-10-19(18)33-13-23(25,26)27/h3-12,32H,13H2,1-2H3,(H,28,30). The number of anilines is 1. The molecule has 0 saturated carbocycles. The Labute approximate surface area is 186 Å². The monoisotopic (exact) mass is 464 g/mol. The zero-order valence-electron chi connectivity index (χ0n) is 17.6. The Balaban J connectivity index is 1.92. The van der Waals surface area contributed by atoms with Crippen molar-refractivity contribution in [3.05, 3.63) is 88.1 Å². The lowest BCUT2D eigenvalue weighted by Gasteiger charge is -2.18. The zero-order valence-corrected chi connectivity index (χ0v) is 17.6. The number of benzene rings is 2. The molecule has 0 atom stereocenters. The summed E-state index contributed by atoms with van der Waals surface area (Å²) in [7, 11) is 0. The van der Waals surface area contributed by atoms with Crippen molar-refractivity contribution < 1.29 is 32.2 Å². The van der Waals surface area contributed by atoms with Gasteiger partial charge in [-0.1, -0.05) is 12.1 Å². The highest BCUT2D eigenvalue weighted by atomic mass is 19.4. The van der Waals surface area contributed by atoms with Crippen molar-refractivity contribution in [2.45, 2.75) is 25.6 Å². The third kappa shape index (κ3) is 5.98. The van der Waals surface area contributed by atoms with Crippen molar-refractivity contribution >= 4 is 11.6 Å². The van der Waals surface area contributed by atoms with Crippen molar-refractivity contribution in [2.75, 3.05) is 11.9 Å². The first kappa shape index (κ1) is 24.0. The molecule has 10 heteroatoms. The molecule has 0 fully saturated rings. The number of amides is 1. The smallest absolute Gasteiger partial charge is 0.422 e. The Morgan fingerprint density at radius 3 is 2.36 bits per heavy atom. The fraction of sp³-hybridized carbons (Fsp3) is 0.217. The Morgan fingerprint density at radius 2 is 1.76 bits per heavy atom. The van der Waals surface area contributed by atoms with Crippen molar-refractivity contribution in [2.24, 2.45) is 0 Å². The number of ether oxygens (including phenoxy) is 1. The molecular formula is C23H20F4N2O4. The highest BCUT2D eigenvalue weighted by Crippen LogP contribution is 2.26. The van der Waals surface area contributed by atoms with E-state index >= 15 is 0 Å². The third-order valence-electron chi connectivity index (χ3n) is 4.61. The SMILES string of the molecule is CC(C)(O)c1ccc(NC(=O)c2cccn(-c3cc(F)ccc3OCC(F)(F)F)c2=O)cc1. The van der Waals surface area contributed by atoms with Crippen LogP contribution in [-0.4, -0.2) is 28.4 Å². The number of hydrogen-bond donors (Lipinski definition) is 2. The van der Waals surface area contributed by atoms with Gasteiger partial charge in [-0.3, -0.25) is 14.2 Å². The number of nitrogens with zero attached hydrogens (tertiary/aromatic N) is 1. The summed E-state index contributed by atoms with van der Waals surface area (Å²) in [5.41, 5.74) is -1.61. The van der Waals surface area contributed by atoms with Crippen molar-refractivity contribution in [3.8, 4) is 11.4 Å². The molecule has 3 aromatic rings. The maximum Gasteiger partial charge on any atom is 0.422 e. The first-order chi connectivity index (χ1) is 15.3. The van der Waals surface area contributed by atoms with Crippen LogP contribution < -0.4 is 15.6 Å².